The molecule has 3 aromatic heterocycles. The summed E-state index contributed by atoms with van der Waals surface area (Å²) >= 11 is 0. The molecule has 1 unspecified atom stereocenters. The molecule has 0 aromatic carbocycles. The maximum atomic E-state index is 5.93. The number of hydrogen-bond acceptors (Lipinski definition) is 4. The summed E-state index contributed by atoms with van der Waals surface area (Å²) < 4.78 is 9.55. The minimum atomic E-state index is 0.0337. The summed E-state index contributed by atoms with van der Waals surface area (Å²) in [6, 6.07) is 5.89. The Balaban J connectivity index is 2.04. The van der Waals surface area contributed by atoms with Crippen LogP contribution < -0.4 is 10.5 Å². The first-order chi connectivity index (χ1) is 9.63. The summed E-state index contributed by atoms with van der Waals surface area (Å²) in [5, 5.41) is 4.09. The van der Waals surface area contributed by atoms with Gasteiger partial charge in [0.25, 0.3) is 0 Å². The molecule has 0 aliphatic heterocycles. The molecule has 6 heteroatoms. The number of rotatable bonds is 4. The van der Waals surface area contributed by atoms with Crippen molar-refractivity contribution in [1.82, 2.24) is 19.2 Å². The van der Waals surface area contributed by atoms with Crippen molar-refractivity contribution in [3.05, 3.63) is 42.5 Å². The van der Waals surface area contributed by atoms with Gasteiger partial charge in [-0.05, 0) is 19.1 Å². The number of ether oxygens (including phenoxy) is 1. The molecule has 0 amide bonds. The first-order valence-electron chi connectivity index (χ1n) is 6.51. The molecule has 0 spiro atoms. The van der Waals surface area contributed by atoms with E-state index in [9.17, 15) is 0 Å². The highest BCUT2D eigenvalue weighted by Crippen LogP contribution is 2.26. The van der Waals surface area contributed by atoms with E-state index in [4.69, 9.17) is 10.5 Å². The fourth-order valence-corrected chi connectivity index (χ4v) is 2.16. The molecule has 1 atom stereocenters. The van der Waals surface area contributed by atoms with Crippen molar-refractivity contribution in [3.63, 3.8) is 0 Å². The number of hydrogen-bond donors (Lipinski definition) is 1. The quantitative estimate of drug-likeness (QED) is 0.784. The van der Waals surface area contributed by atoms with Crippen molar-refractivity contribution in [1.29, 1.82) is 0 Å². The van der Waals surface area contributed by atoms with E-state index in [1.54, 1.807) is 17.1 Å². The van der Waals surface area contributed by atoms with Crippen molar-refractivity contribution in [2.24, 2.45) is 12.8 Å². The summed E-state index contributed by atoms with van der Waals surface area (Å²) in [5.41, 5.74) is 7.75. The Morgan fingerprint density at radius 1 is 1.40 bits per heavy atom. The fourth-order valence-electron chi connectivity index (χ4n) is 2.16. The predicted octanol–water partition coefficient (Wildman–Crippen LogP) is 1.75. The Bertz CT molecular complexity index is 728. The minimum absolute atomic E-state index is 0.0337. The topological polar surface area (TPSA) is 70.4 Å². The lowest BCUT2D eigenvalue weighted by molar-refractivity contribution is 0.456. The molecule has 0 bridgehead atoms. The first-order valence-corrected chi connectivity index (χ1v) is 6.51. The number of aryl methyl sites for hydroxylation is 1. The van der Waals surface area contributed by atoms with Gasteiger partial charge in [0.05, 0.1) is 18.1 Å². The Kier molecular flexibility index (Phi) is 3.15. The highest BCUT2D eigenvalue weighted by Gasteiger charge is 2.15. The number of nitrogens with two attached hydrogens (primary N) is 1. The second kappa shape index (κ2) is 4.97. The van der Waals surface area contributed by atoms with Gasteiger partial charge in [-0.2, -0.15) is 10.1 Å². The van der Waals surface area contributed by atoms with E-state index >= 15 is 0 Å². The van der Waals surface area contributed by atoms with Crippen LogP contribution in [0.15, 0.2) is 36.8 Å². The van der Waals surface area contributed by atoms with Gasteiger partial charge in [-0.3, -0.25) is 4.68 Å². The molecule has 3 heterocycles. The van der Waals surface area contributed by atoms with E-state index in [0.717, 1.165) is 11.3 Å². The lowest BCUT2D eigenvalue weighted by Gasteiger charge is -2.07. The molecule has 0 radical (unpaired) electrons. The van der Waals surface area contributed by atoms with Crippen LogP contribution in [-0.4, -0.2) is 25.2 Å². The fraction of sp³-hybridized carbons (Fsp3) is 0.286. The zero-order valence-electron chi connectivity index (χ0n) is 11.5. The Labute approximate surface area is 116 Å². The Morgan fingerprint density at radius 3 is 2.95 bits per heavy atom. The van der Waals surface area contributed by atoms with E-state index in [0.29, 0.717) is 18.1 Å². The van der Waals surface area contributed by atoms with E-state index in [-0.39, 0.29) is 6.04 Å². The van der Waals surface area contributed by atoms with Crippen molar-refractivity contribution in [2.45, 2.75) is 19.4 Å². The van der Waals surface area contributed by atoms with Gasteiger partial charge in [-0.15, -0.1) is 0 Å². The van der Waals surface area contributed by atoms with E-state index in [2.05, 4.69) is 10.1 Å². The Hall–Kier alpha value is -2.34. The summed E-state index contributed by atoms with van der Waals surface area (Å²) in [4.78, 5) is 4.52. The van der Waals surface area contributed by atoms with Gasteiger partial charge >= 0.3 is 0 Å². The third-order valence-electron chi connectivity index (χ3n) is 3.00. The highest BCUT2D eigenvalue weighted by atomic mass is 16.5. The van der Waals surface area contributed by atoms with Gasteiger partial charge in [0.15, 0.2) is 5.75 Å². The van der Waals surface area contributed by atoms with Gasteiger partial charge in [-0.1, -0.05) is 6.07 Å². The number of aromatic nitrogens is 4. The van der Waals surface area contributed by atoms with Crippen LogP contribution in [0.2, 0.25) is 0 Å². The summed E-state index contributed by atoms with van der Waals surface area (Å²) in [5.74, 6) is 1.25. The molecular formula is C14H17N5O. The summed E-state index contributed by atoms with van der Waals surface area (Å²) in [7, 11) is 1.85. The van der Waals surface area contributed by atoms with Gasteiger partial charge in [0.1, 0.15) is 5.65 Å². The summed E-state index contributed by atoms with van der Waals surface area (Å²) in [6.45, 7) is 1.97. The number of imidazole rings is 1. The number of nitrogens with zero attached hydrogens (tertiary/aromatic N) is 4. The molecule has 0 aliphatic rings. The molecule has 20 heavy (non-hydrogen) atoms. The highest BCUT2D eigenvalue weighted by molar-refractivity contribution is 5.46. The molecule has 0 fully saturated rings. The average molecular weight is 271 g/mol. The largest absolute Gasteiger partial charge is 0.434 e. The van der Waals surface area contributed by atoms with Crippen LogP contribution in [-0.2, 0) is 13.5 Å². The molecule has 6 nitrogen and oxygen atoms in total. The SMILES string of the molecule is CC(N)Cc1c(Oc2cnn(C)c2)nc2ccccn12. The normalized spacial score (nSPS) is 12.8. The molecule has 3 aromatic rings. The van der Waals surface area contributed by atoms with E-state index in [1.165, 1.54) is 0 Å². The lowest BCUT2D eigenvalue weighted by atomic mass is 10.2. The number of fused-ring (bicyclic) bond motifs is 1. The molecule has 104 valence electrons. The van der Waals surface area contributed by atoms with Crippen LogP contribution in [0.25, 0.3) is 5.65 Å². The second-order valence-electron chi connectivity index (χ2n) is 4.93. The molecule has 0 aliphatic carbocycles. The Morgan fingerprint density at radius 2 is 2.25 bits per heavy atom. The first kappa shape index (κ1) is 12.7. The molecule has 0 saturated heterocycles. The molecule has 0 saturated carbocycles. The van der Waals surface area contributed by atoms with Gasteiger partial charge < -0.3 is 14.9 Å². The zero-order valence-corrected chi connectivity index (χ0v) is 11.5. The molecular weight excluding hydrogens is 254 g/mol. The standard InChI is InChI=1S/C14H17N5O/c1-10(15)7-12-14(20-11-8-16-18(2)9-11)17-13-5-3-4-6-19(12)13/h3-6,8-10H,7,15H2,1-2H3. The van der Waals surface area contributed by atoms with Crippen LogP contribution in [0.5, 0.6) is 11.6 Å². The van der Waals surface area contributed by atoms with Crippen LogP contribution in [0.4, 0.5) is 0 Å². The van der Waals surface area contributed by atoms with Crippen molar-refractivity contribution >= 4 is 5.65 Å². The zero-order chi connectivity index (χ0) is 14.1. The van der Waals surface area contributed by atoms with Gasteiger partial charge in [0.2, 0.25) is 5.88 Å². The third-order valence-corrected chi connectivity index (χ3v) is 3.00. The van der Waals surface area contributed by atoms with Crippen molar-refractivity contribution < 1.29 is 4.74 Å². The summed E-state index contributed by atoms with van der Waals surface area (Å²) in [6.07, 6.45) is 6.14. The van der Waals surface area contributed by atoms with Gasteiger partial charge in [-0.25, -0.2) is 0 Å². The molecule has 3 rings (SSSR count). The van der Waals surface area contributed by atoms with Crippen molar-refractivity contribution in [2.75, 3.05) is 0 Å². The van der Waals surface area contributed by atoms with Gasteiger partial charge in [0, 0.05) is 25.7 Å². The van der Waals surface area contributed by atoms with Crippen molar-refractivity contribution in [3.8, 4) is 11.6 Å². The average Bonchev–Trinajstić information content (AvgIpc) is 2.95. The van der Waals surface area contributed by atoms with Crippen LogP contribution in [0.1, 0.15) is 12.6 Å². The smallest absolute Gasteiger partial charge is 0.241 e. The van der Waals surface area contributed by atoms with E-state index < -0.39 is 0 Å². The maximum absolute atomic E-state index is 5.93. The van der Waals surface area contributed by atoms with E-state index in [1.807, 2.05) is 42.8 Å². The van der Waals surface area contributed by atoms with Crippen LogP contribution >= 0.6 is 0 Å². The third kappa shape index (κ3) is 2.37. The second-order valence-corrected chi connectivity index (χ2v) is 4.93. The lowest BCUT2D eigenvalue weighted by Crippen LogP contribution is -2.19. The maximum Gasteiger partial charge on any atom is 0.241 e. The predicted molar refractivity (Wildman–Crippen MR) is 75.8 cm³/mol. The minimum Gasteiger partial charge on any atom is -0.434 e. The van der Waals surface area contributed by atoms with Crippen LogP contribution in [0.3, 0.4) is 0 Å². The molecule has 2 N–H and O–H groups in total. The number of pyridine rings is 1. The monoisotopic (exact) mass is 271 g/mol. The van der Waals surface area contributed by atoms with Crippen LogP contribution in [0, 0.1) is 0 Å².